The molecule has 0 aliphatic carbocycles. The molecule has 0 saturated carbocycles. The van der Waals surface area contributed by atoms with Crippen LogP contribution in [0.5, 0.6) is 11.5 Å². The Kier molecular flexibility index (Phi) is 6.37. The SMILES string of the molecule is Cc1cccc(C)c1OC1CCN(C(=O)C2CCCN2C(=O)c2ccc3ccccc3c2O)CC1. The van der Waals surface area contributed by atoms with Gasteiger partial charge in [0.1, 0.15) is 23.6 Å². The van der Waals surface area contributed by atoms with Crippen LogP contribution in [0.1, 0.15) is 47.2 Å². The number of carbonyl (C=O) groups excluding carboxylic acids is 2. The lowest BCUT2D eigenvalue weighted by molar-refractivity contribution is -0.137. The maximum atomic E-state index is 13.4. The number of para-hydroxylation sites is 1. The summed E-state index contributed by atoms with van der Waals surface area (Å²) in [6.45, 7) is 5.87. The van der Waals surface area contributed by atoms with Crippen molar-refractivity contribution in [1.82, 2.24) is 9.80 Å². The summed E-state index contributed by atoms with van der Waals surface area (Å²) in [5.41, 5.74) is 2.50. The van der Waals surface area contributed by atoms with E-state index in [4.69, 9.17) is 4.74 Å². The zero-order valence-corrected chi connectivity index (χ0v) is 20.4. The van der Waals surface area contributed by atoms with Crippen LogP contribution in [-0.2, 0) is 4.79 Å². The quantitative estimate of drug-likeness (QED) is 0.590. The largest absolute Gasteiger partial charge is 0.506 e. The van der Waals surface area contributed by atoms with Crippen LogP contribution in [0.4, 0.5) is 0 Å². The molecular weight excluding hydrogens is 440 g/mol. The van der Waals surface area contributed by atoms with Crippen molar-refractivity contribution in [2.45, 2.75) is 51.7 Å². The fourth-order valence-electron chi connectivity index (χ4n) is 5.41. The lowest BCUT2D eigenvalue weighted by Crippen LogP contribution is -2.51. The van der Waals surface area contributed by atoms with E-state index in [0.29, 0.717) is 31.4 Å². The van der Waals surface area contributed by atoms with Crippen molar-refractivity contribution in [2.24, 2.45) is 0 Å². The standard InChI is InChI=1S/C29H32N2O4/c1-19-7-5-8-20(2)27(19)35-22-14-17-30(18-15-22)29(34)25-11-6-16-31(25)28(33)24-13-12-21-9-3-4-10-23(21)26(24)32/h3-5,7-10,12-13,22,25,32H,6,11,14-18H2,1-2H3. The molecule has 1 atom stereocenters. The van der Waals surface area contributed by atoms with Crippen molar-refractivity contribution >= 4 is 22.6 Å². The summed E-state index contributed by atoms with van der Waals surface area (Å²) in [6.07, 6.45) is 3.05. The summed E-state index contributed by atoms with van der Waals surface area (Å²) in [7, 11) is 0. The number of phenols is 1. The second-order valence-electron chi connectivity index (χ2n) is 9.70. The van der Waals surface area contributed by atoms with E-state index in [2.05, 4.69) is 26.0 Å². The van der Waals surface area contributed by atoms with Gasteiger partial charge in [0.2, 0.25) is 5.91 Å². The molecule has 3 aromatic rings. The van der Waals surface area contributed by atoms with Gasteiger partial charge in [-0.05, 0) is 49.3 Å². The smallest absolute Gasteiger partial charge is 0.258 e. The van der Waals surface area contributed by atoms with Gasteiger partial charge >= 0.3 is 0 Å². The summed E-state index contributed by atoms with van der Waals surface area (Å²) in [5.74, 6) is 0.648. The third kappa shape index (κ3) is 4.45. The second kappa shape index (κ2) is 9.61. The van der Waals surface area contributed by atoms with Crippen molar-refractivity contribution in [3.8, 4) is 11.5 Å². The molecule has 0 aromatic heterocycles. The van der Waals surface area contributed by atoms with E-state index in [1.807, 2.05) is 35.2 Å². The number of amides is 2. The average Bonchev–Trinajstić information content (AvgIpc) is 3.36. The molecule has 2 aliphatic rings. The molecule has 0 radical (unpaired) electrons. The lowest BCUT2D eigenvalue weighted by atomic mass is 10.0. The van der Waals surface area contributed by atoms with Crippen LogP contribution < -0.4 is 4.74 Å². The van der Waals surface area contributed by atoms with Crippen LogP contribution >= 0.6 is 0 Å². The van der Waals surface area contributed by atoms with Crippen LogP contribution in [0, 0.1) is 13.8 Å². The van der Waals surface area contributed by atoms with Crippen molar-refractivity contribution < 1.29 is 19.4 Å². The van der Waals surface area contributed by atoms with Crippen LogP contribution in [0.15, 0.2) is 54.6 Å². The average molecular weight is 473 g/mol. The van der Waals surface area contributed by atoms with Crippen molar-refractivity contribution in [1.29, 1.82) is 0 Å². The van der Waals surface area contributed by atoms with Crippen LogP contribution in [0.3, 0.4) is 0 Å². The van der Waals surface area contributed by atoms with E-state index in [9.17, 15) is 14.7 Å². The number of piperidine rings is 1. The third-order valence-corrected chi connectivity index (χ3v) is 7.38. The number of ether oxygens (including phenoxy) is 1. The zero-order chi connectivity index (χ0) is 24.5. The first-order chi connectivity index (χ1) is 16.9. The minimum absolute atomic E-state index is 0.00153. The van der Waals surface area contributed by atoms with Gasteiger partial charge in [-0.3, -0.25) is 9.59 Å². The van der Waals surface area contributed by atoms with E-state index in [1.165, 1.54) is 0 Å². The van der Waals surface area contributed by atoms with Gasteiger partial charge in [-0.1, -0.05) is 48.5 Å². The summed E-state index contributed by atoms with van der Waals surface area (Å²) < 4.78 is 6.31. The predicted molar refractivity (Wildman–Crippen MR) is 136 cm³/mol. The molecule has 0 bridgehead atoms. The number of phenolic OH excluding ortho intramolecular Hbond substituents is 1. The number of hydrogen-bond donors (Lipinski definition) is 1. The molecule has 0 spiro atoms. The lowest BCUT2D eigenvalue weighted by Gasteiger charge is -2.36. The van der Waals surface area contributed by atoms with Crippen molar-refractivity contribution in [3.63, 3.8) is 0 Å². The first-order valence-corrected chi connectivity index (χ1v) is 12.5. The number of carbonyl (C=O) groups is 2. The number of rotatable bonds is 4. The number of fused-ring (bicyclic) bond motifs is 1. The van der Waals surface area contributed by atoms with E-state index < -0.39 is 6.04 Å². The number of aryl methyl sites for hydroxylation is 2. The summed E-state index contributed by atoms with van der Waals surface area (Å²) in [6, 6.07) is 16.6. The minimum atomic E-state index is -0.482. The summed E-state index contributed by atoms with van der Waals surface area (Å²) >= 11 is 0. The molecule has 35 heavy (non-hydrogen) atoms. The topological polar surface area (TPSA) is 70.1 Å². The van der Waals surface area contributed by atoms with Gasteiger partial charge in [-0.25, -0.2) is 0 Å². The highest BCUT2D eigenvalue weighted by Crippen LogP contribution is 2.32. The molecule has 3 aromatic carbocycles. The summed E-state index contributed by atoms with van der Waals surface area (Å²) in [5, 5.41) is 12.3. The van der Waals surface area contributed by atoms with Crippen LogP contribution in [-0.4, -0.2) is 58.5 Å². The minimum Gasteiger partial charge on any atom is -0.506 e. The van der Waals surface area contributed by atoms with Gasteiger partial charge in [-0.15, -0.1) is 0 Å². The molecule has 6 nitrogen and oxygen atoms in total. The Morgan fingerprint density at radius 3 is 2.34 bits per heavy atom. The monoisotopic (exact) mass is 472 g/mol. The molecule has 1 unspecified atom stereocenters. The van der Waals surface area contributed by atoms with Crippen LogP contribution in [0.25, 0.3) is 10.8 Å². The number of hydrogen-bond acceptors (Lipinski definition) is 4. The van der Waals surface area contributed by atoms with Gasteiger partial charge in [0.15, 0.2) is 0 Å². The Hall–Kier alpha value is -3.54. The second-order valence-corrected chi connectivity index (χ2v) is 9.70. The Morgan fingerprint density at radius 2 is 1.60 bits per heavy atom. The maximum absolute atomic E-state index is 13.4. The Bertz CT molecular complexity index is 1240. The highest BCUT2D eigenvalue weighted by Gasteiger charge is 2.38. The highest BCUT2D eigenvalue weighted by molar-refractivity contribution is 6.05. The van der Waals surface area contributed by atoms with E-state index in [0.717, 1.165) is 41.5 Å². The molecule has 182 valence electrons. The first kappa shape index (κ1) is 23.2. The summed E-state index contributed by atoms with van der Waals surface area (Å²) in [4.78, 5) is 30.4. The first-order valence-electron chi connectivity index (χ1n) is 12.5. The van der Waals surface area contributed by atoms with Gasteiger partial charge in [0.05, 0.1) is 5.56 Å². The molecule has 2 fully saturated rings. The molecule has 2 heterocycles. The molecule has 5 rings (SSSR count). The highest BCUT2D eigenvalue weighted by atomic mass is 16.5. The molecule has 2 amide bonds. The fourth-order valence-corrected chi connectivity index (χ4v) is 5.41. The Morgan fingerprint density at radius 1 is 0.886 bits per heavy atom. The molecular formula is C29H32N2O4. The maximum Gasteiger partial charge on any atom is 0.258 e. The van der Waals surface area contributed by atoms with Crippen molar-refractivity contribution in [2.75, 3.05) is 19.6 Å². The normalized spacial score (nSPS) is 18.7. The number of likely N-dealkylation sites (tertiary alicyclic amines) is 2. The van der Waals surface area contributed by atoms with Gasteiger partial charge in [0, 0.05) is 37.9 Å². The third-order valence-electron chi connectivity index (χ3n) is 7.38. The number of benzene rings is 3. The molecule has 6 heteroatoms. The fraction of sp³-hybridized carbons (Fsp3) is 0.379. The van der Waals surface area contributed by atoms with Gasteiger partial charge in [0.25, 0.3) is 5.91 Å². The molecule has 2 saturated heterocycles. The van der Waals surface area contributed by atoms with Crippen LogP contribution in [0.2, 0.25) is 0 Å². The van der Waals surface area contributed by atoms with E-state index in [1.54, 1.807) is 17.0 Å². The Labute approximate surface area is 206 Å². The van der Waals surface area contributed by atoms with E-state index in [-0.39, 0.29) is 29.2 Å². The molecule has 2 aliphatic heterocycles. The van der Waals surface area contributed by atoms with Crippen molar-refractivity contribution in [3.05, 3.63) is 71.3 Å². The zero-order valence-electron chi connectivity index (χ0n) is 20.4. The number of aromatic hydroxyl groups is 1. The van der Waals surface area contributed by atoms with E-state index >= 15 is 0 Å². The predicted octanol–water partition coefficient (Wildman–Crippen LogP) is 4.84. The number of nitrogens with zero attached hydrogens (tertiary/aromatic N) is 2. The Balaban J connectivity index is 1.25. The molecule has 1 N–H and O–H groups in total. The van der Waals surface area contributed by atoms with Gasteiger partial charge in [-0.2, -0.15) is 0 Å². The van der Waals surface area contributed by atoms with Gasteiger partial charge < -0.3 is 19.6 Å².